The predicted octanol–water partition coefficient (Wildman–Crippen LogP) is 1.70. The Labute approximate surface area is 110 Å². The Hall–Kier alpha value is -1.06. The zero-order valence-corrected chi connectivity index (χ0v) is 11.7. The second-order valence-corrected chi connectivity index (χ2v) is 5.12. The number of rotatable bonds is 4. The highest BCUT2D eigenvalue weighted by Gasteiger charge is 2.18. The summed E-state index contributed by atoms with van der Waals surface area (Å²) in [6.45, 7) is 5.53. The van der Waals surface area contributed by atoms with Crippen molar-refractivity contribution in [3.63, 3.8) is 0 Å². The molecule has 1 aliphatic rings. The maximum absolute atomic E-state index is 5.47. The molecule has 0 aromatic heterocycles. The number of methoxy groups -OCH3 is 1. The number of ether oxygens (including phenoxy) is 1. The minimum absolute atomic E-state index is 0.532. The summed E-state index contributed by atoms with van der Waals surface area (Å²) in [5, 5.41) is 3.59. The fourth-order valence-corrected chi connectivity index (χ4v) is 2.61. The van der Waals surface area contributed by atoms with Gasteiger partial charge in [-0.1, -0.05) is 19.1 Å². The minimum atomic E-state index is 0.532. The summed E-state index contributed by atoms with van der Waals surface area (Å²) in [4.78, 5) is 2.39. The molecule has 1 N–H and O–H groups in total. The number of benzene rings is 1. The van der Waals surface area contributed by atoms with E-state index in [2.05, 4.69) is 42.4 Å². The van der Waals surface area contributed by atoms with Crippen LogP contribution in [-0.2, 0) is 12.8 Å². The molecule has 0 spiro atoms. The Morgan fingerprint density at radius 3 is 2.94 bits per heavy atom. The summed E-state index contributed by atoms with van der Waals surface area (Å²) in [6.07, 6.45) is 2.12. The molecule has 1 atom stereocenters. The summed E-state index contributed by atoms with van der Waals surface area (Å²) in [6, 6.07) is 7.07. The molecule has 0 amide bonds. The average molecular weight is 248 g/mol. The van der Waals surface area contributed by atoms with Crippen molar-refractivity contribution >= 4 is 0 Å². The first-order chi connectivity index (χ1) is 8.72. The van der Waals surface area contributed by atoms with Gasteiger partial charge in [-0.3, -0.25) is 0 Å². The van der Waals surface area contributed by atoms with Crippen molar-refractivity contribution in [2.45, 2.75) is 25.8 Å². The van der Waals surface area contributed by atoms with Crippen molar-refractivity contribution in [2.75, 3.05) is 33.8 Å². The lowest BCUT2D eigenvalue weighted by atomic mass is 10.00. The molecule has 0 bridgehead atoms. The molecule has 1 saturated heterocycles. The number of hydrogen-bond acceptors (Lipinski definition) is 3. The van der Waals surface area contributed by atoms with Gasteiger partial charge in [0.25, 0.3) is 0 Å². The summed E-state index contributed by atoms with van der Waals surface area (Å²) >= 11 is 0. The number of aryl methyl sites for hydroxylation is 1. The first-order valence-electron chi connectivity index (χ1n) is 6.80. The normalized spacial score (nSPS) is 20.9. The van der Waals surface area contributed by atoms with Gasteiger partial charge >= 0.3 is 0 Å². The van der Waals surface area contributed by atoms with Gasteiger partial charge in [-0.15, -0.1) is 0 Å². The largest absolute Gasteiger partial charge is 0.496 e. The highest BCUT2D eigenvalue weighted by molar-refractivity contribution is 5.38. The first-order valence-corrected chi connectivity index (χ1v) is 6.80. The zero-order chi connectivity index (χ0) is 13.0. The first kappa shape index (κ1) is 13.4. The van der Waals surface area contributed by atoms with Gasteiger partial charge in [0.2, 0.25) is 0 Å². The zero-order valence-electron chi connectivity index (χ0n) is 11.7. The van der Waals surface area contributed by atoms with E-state index in [0.717, 1.165) is 38.2 Å². The second-order valence-electron chi connectivity index (χ2n) is 5.12. The van der Waals surface area contributed by atoms with Crippen LogP contribution in [0, 0.1) is 0 Å². The van der Waals surface area contributed by atoms with Crippen molar-refractivity contribution in [1.29, 1.82) is 0 Å². The smallest absolute Gasteiger partial charge is 0.122 e. The van der Waals surface area contributed by atoms with Crippen LogP contribution in [0.2, 0.25) is 0 Å². The summed E-state index contributed by atoms with van der Waals surface area (Å²) in [7, 11) is 3.94. The molecule has 3 heteroatoms. The summed E-state index contributed by atoms with van der Waals surface area (Å²) < 4.78 is 5.47. The van der Waals surface area contributed by atoms with Crippen molar-refractivity contribution < 1.29 is 4.74 Å². The van der Waals surface area contributed by atoms with Gasteiger partial charge in [-0.2, -0.15) is 0 Å². The molecule has 1 unspecified atom stereocenters. The lowest BCUT2D eigenvalue weighted by Gasteiger charge is -2.31. The molecule has 18 heavy (non-hydrogen) atoms. The molecule has 0 radical (unpaired) electrons. The van der Waals surface area contributed by atoms with E-state index < -0.39 is 0 Å². The Kier molecular flexibility index (Phi) is 4.61. The van der Waals surface area contributed by atoms with Crippen LogP contribution in [0.3, 0.4) is 0 Å². The predicted molar refractivity (Wildman–Crippen MR) is 75.4 cm³/mol. The van der Waals surface area contributed by atoms with Crippen LogP contribution in [0.15, 0.2) is 18.2 Å². The van der Waals surface area contributed by atoms with E-state index in [-0.39, 0.29) is 0 Å². The van der Waals surface area contributed by atoms with Crippen molar-refractivity contribution in [3.05, 3.63) is 29.3 Å². The van der Waals surface area contributed by atoms with Gasteiger partial charge in [-0.25, -0.2) is 0 Å². The van der Waals surface area contributed by atoms with Crippen molar-refractivity contribution in [1.82, 2.24) is 10.2 Å². The Morgan fingerprint density at radius 1 is 1.44 bits per heavy atom. The number of likely N-dealkylation sites (N-methyl/N-ethyl adjacent to an activating group) is 1. The van der Waals surface area contributed by atoms with Crippen molar-refractivity contribution in [2.24, 2.45) is 0 Å². The summed E-state index contributed by atoms with van der Waals surface area (Å²) in [5.41, 5.74) is 2.71. The van der Waals surface area contributed by atoms with E-state index in [0.29, 0.717) is 6.04 Å². The van der Waals surface area contributed by atoms with Gasteiger partial charge in [0.1, 0.15) is 5.75 Å². The van der Waals surface area contributed by atoms with Crippen LogP contribution in [0.25, 0.3) is 0 Å². The van der Waals surface area contributed by atoms with Crippen molar-refractivity contribution in [3.8, 4) is 5.75 Å². The Morgan fingerprint density at radius 2 is 2.28 bits per heavy atom. The lowest BCUT2D eigenvalue weighted by Crippen LogP contribution is -2.49. The maximum Gasteiger partial charge on any atom is 0.122 e. The number of piperazine rings is 1. The third kappa shape index (κ3) is 3.24. The van der Waals surface area contributed by atoms with Gasteiger partial charge in [0.15, 0.2) is 0 Å². The number of nitrogens with zero attached hydrogens (tertiary/aromatic N) is 1. The summed E-state index contributed by atoms with van der Waals surface area (Å²) in [5.74, 6) is 1.02. The van der Waals surface area contributed by atoms with Gasteiger partial charge in [0.05, 0.1) is 7.11 Å². The third-order valence-corrected chi connectivity index (χ3v) is 3.68. The van der Waals surface area contributed by atoms with Crippen LogP contribution < -0.4 is 10.1 Å². The van der Waals surface area contributed by atoms with Crippen LogP contribution in [0.5, 0.6) is 5.75 Å². The number of hydrogen-bond donors (Lipinski definition) is 1. The molecular formula is C15H24N2O. The lowest BCUT2D eigenvalue weighted by molar-refractivity contribution is 0.237. The molecule has 1 aromatic rings. The van der Waals surface area contributed by atoms with E-state index in [1.165, 1.54) is 11.1 Å². The maximum atomic E-state index is 5.47. The van der Waals surface area contributed by atoms with E-state index >= 15 is 0 Å². The molecule has 0 aliphatic carbocycles. The minimum Gasteiger partial charge on any atom is -0.496 e. The van der Waals surface area contributed by atoms with Crippen LogP contribution in [-0.4, -0.2) is 44.7 Å². The molecule has 1 fully saturated rings. The van der Waals surface area contributed by atoms with Crippen LogP contribution in [0.4, 0.5) is 0 Å². The third-order valence-electron chi connectivity index (χ3n) is 3.68. The van der Waals surface area contributed by atoms with Gasteiger partial charge < -0.3 is 15.0 Å². The monoisotopic (exact) mass is 248 g/mol. The van der Waals surface area contributed by atoms with E-state index in [1.54, 1.807) is 7.11 Å². The van der Waals surface area contributed by atoms with Gasteiger partial charge in [-0.05, 0) is 37.1 Å². The average Bonchev–Trinajstić information content (AvgIpc) is 2.38. The van der Waals surface area contributed by atoms with Gasteiger partial charge in [0, 0.05) is 25.7 Å². The molecular weight excluding hydrogens is 224 g/mol. The molecule has 3 nitrogen and oxygen atoms in total. The fraction of sp³-hybridized carbons (Fsp3) is 0.600. The molecule has 1 aromatic carbocycles. The Bertz CT molecular complexity index is 392. The van der Waals surface area contributed by atoms with E-state index in [9.17, 15) is 0 Å². The quantitative estimate of drug-likeness (QED) is 0.878. The topological polar surface area (TPSA) is 24.5 Å². The fourth-order valence-electron chi connectivity index (χ4n) is 2.61. The molecule has 1 heterocycles. The van der Waals surface area contributed by atoms with Crippen LogP contribution >= 0.6 is 0 Å². The van der Waals surface area contributed by atoms with Crippen LogP contribution in [0.1, 0.15) is 18.1 Å². The molecule has 1 aliphatic heterocycles. The highest BCUT2D eigenvalue weighted by atomic mass is 16.5. The van der Waals surface area contributed by atoms with E-state index in [1.807, 2.05) is 0 Å². The molecule has 0 saturated carbocycles. The standard InChI is InChI=1S/C15H24N2O/c1-4-12-5-6-15(18-3)13(9-12)10-14-11-17(2)8-7-16-14/h5-6,9,14,16H,4,7-8,10-11H2,1-3H3. The molecule has 2 rings (SSSR count). The highest BCUT2D eigenvalue weighted by Crippen LogP contribution is 2.22. The van der Waals surface area contributed by atoms with E-state index in [4.69, 9.17) is 4.74 Å². The Balaban J connectivity index is 2.11. The second kappa shape index (κ2) is 6.21. The molecule has 100 valence electrons. The number of nitrogens with one attached hydrogen (secondary N) is 1. The SMILES string of the molecule is CCc1ccc(OC)c(CC2CN(C)CCN2)c1.